The molecule has 11 heavy (non-hydrogen) atoms. The molecule has 0 radical (unpaired) electrons. The molecule has 0 fully saturated rings. The van der Waals surface area contributed by atoms with Crippen molar-refractivity contribution in [1.29, 1.82) is 0 Å². The first-order valence-corrected chi connectivity index (χ1v) is 4.09. The van der Waals surface area contributed by atoms with E-state index in [-0.39, 0.29) is 0 Å². The molecular weight excluding hydrogens is 136 g/mol. The van der Waals surface area contributed by atoms with Gasteiger partial charge in [-0.3, -0.25) is 0 Å². The summed E-state index contributed by atoms with van der Waals surface area (Å²) in [5.74, 6) is 0. The molecule has 62 valence electrons. The number of aromatic nitrogens is 1. The van der Waals surface area contributed by atoms with Gasteiger partial charge in [0.25, 0.3) is 0 Å². The third kappa shape index (κ3) is 2.09. The predicted molar refractivity (Wildman–Crippen MR) is 47.6 cm³/mol. The fourth-order valence-corrected chi connectivity index (χ4v) is 1.33. The minimum atomic E-state index is 0.781. The molecule has 0 bridgehead atoms. The van der Waals surface area contributed by atoms with Gasteiger partial charge in [-0.1, -0.05) is 0 Å². The van der Waals surface area contributed by atoms with Crippen LogP contribution in [0.4, 0.5) is 0 Å². The largest absolute Gasteiger partial charge is 0.362 e. The van der Waals surface area contributed by atoms with Crippen molar-refractivity contribution in [2.75, 3.05) is 6.54 Å². The van der Waals surface area contributed by atoms with Crippen LogP contribution in [0.1, 0.15) is 23.4 Å². The van der Waals surface area contributed by atoms with Crippen LogP contribution in [0.15, 0.2) is 6.07 Å². The van der Waals surface area contributed by atoms with Gasteiger partial charge in [-0.25, -0.2) is 0 Å². The molecule has 0 atom stereocenters. The van der Waals surface area contributed by atoms with Gasteiger partial charge in [0.2, 0.25) is 0 Å². The molecule has 1 aromatic rings. The first-order valence-electron chi connectivity index (χ1n) is 4.09. The molecule has 0 saturated carbocycles. The van der Waals surface area contributed by atoms with E-state index in [2.05, 4.69) is 24.9 Å². The van der Waals surface area contributed by atoms with Gasteiger partial charge in [-0.15, -0.1) is 0 Å². The summed E-state index contributed by atoms with van der Waals surface area (Å²) in [5.41, 5.74) is 9.37. The molecule has 0 unspecified atom stereocenters. The Morgan fingerprint density at radius 1 is 1.45 bits per heavy atom. The lowest BCUT2D eigenvalue weighted by Crippen LogP contribution is -2.00. The summed E-state index contributed by atoms with van der Waals surface area (Å²) in [7, 11) is 0. The normalized spacial score (nSPS) is 10.5. The van der Waals surface area contributed by atoms with Gasteiger partial charge in [0.1, 0.15) is 0 Å². The molecule has 1 rings (SSSR count). The number of hydrogen-bond acceptors (Lipinski definition) is 1. The minimum absolute atomic E-state index is 0.781. The summed E-state index contributed by atoms with van der Waals surface area (Å²) in [6, 6.07) is 2.20. The number of hydrogen-bond donors (Lipinski definition) is 2. The highest BCUT2D eigenvalue weighted by Crippen LogP contribution is 2.10. The van der Waals surface area contributed by atoms with Crippen LogP contribution in [-0.4, -0.2) is 11.5 Å². The fourth-order valence-electron chi connectivity index (χ4n) is 1.33. The molecule has 1 heterocycles. The average molecular weight is 152 g/mol. The molecular formula is C9H16N2. The fraction of sp³-hybridized carbons (Fsp3) is 0.556. The Kier molecular flexibility index (Phi) is 2.71. The first-order chi connectivity index (χ1) is 5.24. The highest BCUT2D eigenvalue weighted by Gasteiger charge is 1.99. The zero-order valence-electron chi connectivity index (χ0n) is 7.28. The van der Waals surface area contributed by atoms with Gasteiger partial charge in [0.05, 0.1) is 0 Å². The molecule has 0 aromatic carbocycles. The first kappa shape index (κ1) is 8.34. The maximum atomic E-state index is 5.42. The molecule has 0 saturated heterocycles. The SMILES string of the molecule is Cc1cc(CCCN)c(C)[nH]1. The Morgan fingerprint density at radius 2 is 2.18 bits per heavy atom. The number of nitrogens with one attached hydrogen (secondary N) is 1. The molecule has 2 heteroatoms. The lowest BCUT2D eigenvalue weighted by atomic mass is 10.1. The molecule has 0 spiro atoms. The van der Waals surface area contributed by atoms with E-state index in [1.165, 1.54) is 17.0 Å². The Hall–Kier alpha value is -0.760. The van der Waals surface area contributed by atoms with E-state index < -0.39 is 0 Å². The lowest BCUT2D eigenvalue weighted by molar-refractivity contribution is 0.828. The van der Waals surface area contributed by atoms with Gasteiger partial charge in [-0.2, -0.15) is 0 Å². The van der Waals surface area contributed by atoms with Gasteiger partial charge in [0, 0.05) is 11.4 Å². The Bertz CT molecular complexity index is 225. The lowest BCUT2D eigenvalue weighted by Gasteiger charge is -1.95. The van der Waals surface area contributed by atoms with Crippen LogP contribution < -0.4 is 5.73 Å². The number of aryl methyl sites for hydroxylation is 3. The highest BCUT2D eigenvalue weighted by atomic mass is 14.7. The summed E-state index contributed by atoms with van der Waals surface area (Å²) in [5, 5.41) is 0. The quantitative estimate of drug-likeness (QED) is 0.677. The summed E-state index contributed by atoms with van der Waals surface area (Å²) in [6.45, 7) is 4.97. The molecule has 2 nitrogen and oxygen atoms in total. The van der Waals surface area contributed by atoms with E-state index in [4.69, 9.17) is 5.73 Å². The van der Waals surface area contributed by atoms with Crippen LogP contribution >= 0.6 is 0 Å². The monoisotopic (exact) mass is 152 g/mol. The number of H-pyrrole nitrogens is 1. The third-order valence-electron chi connectivity index (χ3n) is 1.91. The predicted octanol–water partition coefficient (Wildman–Crippen LogP) is 1.52. The second kappa shape index (κ2) is 3.58. The second-order valence-electron chi connectivity index (χ2n) is 2.99. The van der Waals surface area contributed by atoms with Crippen LogP contribution in [0.2, 0.25) is 0 Å². The Labute approximate surface area is 67.8 Å². The van der Waals surface area contributed by atoms with Gasteiger partial charge in [0.15, 0.2) is 0 Å². The van der Waals surface area contributed by atoms with Crippen molar-refractivity contribution in [2.45, 2.75) is 26.7 Å². The summed E-state index contributed by atoms with van der Waals surface area (Å²) in [4.78, 5) is 3.28. The van der Waals surface area contributed by atoms with Crippen LogP contribution in [0.3, 0.4) is 0 Å². The molecule has 0 amide bonds. The van der Waals surface area contributed by atoms with E-state index in [1.807, 2.05) is 0 Å². The Balaban J connectivity index is 2.62. The molecule has 1 aromatic heterocycles. The maximum absolute atomic E-state index is 5.42. The van der Waals surface area contributed by atoms with Gasteiger partial charge in [-0.05, 0) is 44.9 Å². The third-order valence-corrected chi connectivity index (χ3v) is 1.91. The molecule has 0 aliphatic heterocycles. The van der Waals surface area contributed by atoms with E-state index in [9.17, 15) is 0 Å². The van der Waals surface area contributed by atoms with Crippen LogP contribution in [-0.2, 0) is 6.42 Å². The highest BCUT2D eigenvalue weighted by molar-refractivity contribution is 5.24. The zero-order valence-corrected chi connectivity index (χ0v) is 7.28. The number of rotatable bonds is 3. The van der Waals surface area contributed by atoms with Gasteiger partial charge >= 0.3 is 0 Å². The van der Waals surface area contributed by atoms with Crippen molar-refractivity contribution < 1.29 is 0 Å². The van der Waals surface area contributed by atoms with Crippen molar-refractivity contribution in [2.24, 2.45) is 5.73 Å². The molecule has 3 N–H and O–H groups in total. The zero-order chi connectivity index (χ0) is 8.27. The summed E-state index contributed by atoms with van der Waals surface area (Å²) >= 11 is 0. The number of aromatic amines is 1. The smallest absolute Gasteiger partial charge is 0.0150 e. The van der Waals surface area contributed by atoms with Crippen LogP contribution in [0, 0.1) is 13.8 Å². The van der Waals surface area contributed by atoms with Crippen molar-refractivity contribution in [1.82, 2.24) is 4.98 Å². The average Bonchev–Trinajstić information content (AvgIpc) is 2.26. The van der Waals surface area contributed by atoms with Gasteiger partial charge < -0.3 is 10.7 Å². The maximum Gasteiger partial charge on any atom is 0.0150 e. The Morgan fingerprint density at radius 3 is 2.64 bits per heavy atom. The summed E-state index contributed by atoms with van der Waals surface area (Å²) < 4.78 is 0. The number of nitrogens with two attached hydrogens (primary N) is 1. The van der Waals surface area contributed by atoms with Crippen molar-refractivity contribution in [3.63, 3.8) is 0 Å². The second-order valence-corrected chi connectivity index (χ2v) is 2.99. The standard InChI is InChI=1S/C9H16N2/c1-7-6-9(4-3-5-10)8(2)11-7/h6,11H,3-5,10H2,1-2H3. The molecule has 0 aliphatic carbocycles. The van der Waals surface area contributed by atoms with Crippen molar-refractivity contribution in [3.05, 3.63) is 23.0 Å². The van der Waals surface area contributed by atoms with Crippen LogP contribution in [0.25, 0.3) is 0 Å². The van der Waals surface area contributed by atoms with E-state index in [0.29, 0.717) is 0 Å². The van der Waals surface area contributed by atoms with E-state index in [0.717, 1.165) is 19.4 Å². The summed E-state index contributed by atoms with van der Waals surface area (Å²) in [6.07, 6.45) is 2.19. The van der Waals surface area contributed by atoms with Crippen molar-refractivity contribution in [3.8, 4) is 0 Å². The topological polar surface area (TPSA) is 41.8 Å². The van der Waals surface area contributed by atoms with E-state index in [1.54, 1.807) is 0 Å². The van der Waals surface area contributed by atoms with Crippen molar-refractivity contribution >= 4 is 0 Å². The minimum Gasteiger partial charge on any atom is -0.362 e. The van der Waals surface area contributed by atoms with Crippen LogP contribution in [0.5, 0.6) is 0 Å². The molecule has 0 aliphatic rings. The van der Waals surface area contributed by atoms with E-state index >= 15 is 0 Å².